The highest BCUT2D eigenvalue weighted by molar-refractivity contribution is 5.69. The van der Waals surface area contributed by atoms with Crippen LogP contribution in [0.3, 0.4) is 0 Å². The number of aliphatic hydroxyl groups is 2. The number of nitrogens with two attached hydrogens (primary N) is 2. The minimum absolute atomic E-state index is 0.0218. The molecule has 488 valence electrons. The maximum Gasteiger partial charge on any atom is 0.416 e. The first kappa shape index (κ1) is 74.0. The first-order valence-corrected chi connectivity index (χ1v) is 26.9. The lowest BCUT2D eigenvalue weighted by Gasteiger charge is -2.27. The molecule has 1 heterocycles. The number of ether oxygens (including phenoxy) is 3. The molecule has 0 spiro atoms. The van der Waals surface area contributed by atoms with Gasteiger partial charge in [0.25, 0.3) is 0 Å². The number of benzene rings is 6. The van der Waals surface area contributed by atoms with Crippen LogP contribution in [0.1, 0.15) is 110 Å². The largest absolute Gasteiger partial charge is 0.444 e. The summed E-state index contributed by atoms with van der Waals surface area (Å²) in [5, 5.41) is 31.1. The molecule has 1 aliphatic rings. The molecule has 0 bridgehead atoms. The molecule has 13 nitrogen and oxygen atoms in total. The van der Waals surface area contributed by atoms with Crippen molar-refractivity contribution in [3.8, 4) is 0 Å². The summed E-state index contributed by atoms with van der Waals surface area (Å²) in [5.74, 6) is -4.84. The van der Waals surface area contributed by atoms with Gasteiger partial charge in [-0.05, 0) is 94.6 Å². The molecule has 1 unspecified atom stereocenters. The number of carbonyl (C=O) groups excluding carboxylic acids is 2. The van der Waals surface area contributed by atoms with E-state index < -0.39 is 124 Å². The van der Waals surface area contributed by atoms with Crippen molar-refractivity contribution in [1.29, 1.82) is 0 Å². The average Bonchev–Trinajstić information content (AvgIpc) is 3.75. The van der Waals surface area contributed by atoms with Crippen molar-refractivity contribution in [2.75, 3.05) is 19.7 Å². The van der Waals surface area contributed by atoms with Gasteiger partial charge in [0, 0.05) is 67.6 Å². The summed E-state index contributed by atoms with van der Waals surface area (Å²) in [6.45, 7) is 10.3. The average molecular weight is 1280 g/mol. The topological polar surface area (TPSA) is 206 Å². The van der Waals surface area contributed by atoms with Gasteiger partial charge in [-0.15, -0.1) is 0 Å². The number of hydrogen-bond donors (Lipinski definition) is 8. The lowest BCUT2D eigenvalue weighted by Crippen LogP contribution is -2.43. The normalized spacial score (nSPS) is 15.0. The molecule has 0 radical (unpaired) electrons. The molecule has 7 rings (SSSR count). The number of halogens is 15. The van der Waals surface area contributed by atoms with Crippen LogP contribution in [0, 0.1) is 34.9 Å². The van der Waals surface area contributed by atoms with Gasteiger partial charge in [-0.2, -0.15) is 39.5 Å². The maximum atomic E-state index is 14.3. The summed E-state index contributed by atoms with van der Waals surface area (Å²) in [6, 6.07) is 20.0. The van der Waals surface area contributed by atoms with Crippen LogP contribution in [0.2, 0.25) is 0 Å². The van der Waals surface area contributed by atoms with E-state index in [-0.39, 0.29) is 55.5 Å². The smallest absolute Gasteiger partial charge is 0.416 e. The molecular formula is C61H67F15N6O7. The molecule has 1 saturated heterocycles. The quantitative estimate of drug-likeness (QED) is 0.0319. The highest BCUT2D eigenvalue weighted by atomic mass is 19.4. The third kappa shape index (κ3) is 25.9. The Morgan fingerprint density at radius 3 is 1.26 bits per heavy atom. The first-order valence-electron chi connectivity index (χ1n) is 26.9. The van der Waals surface area contributed by atoms with Gasteiger partial charge < -0.3 is 57.2 Å². The van der Waals surface area contributed by atoms with Gasteiger partial charge in [-0.1, -0.05) is 72.8 Å². The molecule has 0 saturated carbocycles. The molecule has 28 heteroatoms. The zero-order chi connectivity index (χ0) is 66.8. The van der Waals surface area contributed by atoms with Crippen LogP contribution >= 0.6 is 0 Å². The van der Waals surface area contributed by atoms with Gasteiger partial charge in [0.15, 0.2) is 0 Å². The van der Waals surface area contributed by atoms with Crippen LogP contribution in [-0.2, 0) is 52.4 Å². The molecule has 10 N–H and O–H groups in total. The minimum Gasteiger partial charge on any atom is -0.444 e. The Morgan fingerprint density at radius 1 is 0.528 bits per heavy atom. The van der Waals surface area contributed by atoms with Crippen molar-refractivity contribution in [2.24, 2.45) is 11.5 Å². The zero-order valence-electron chi connectivity index (χ0n) is 48.6. The Hall–Kier alpha value is -7.47. The van der Waals surface area contributed by atoms with Crippen molar-refractivity contribution in [2.45, 2.75) is 127 Å². The number of aliphatic hydroxyl groups excluding tert-OH is 2. The first-order chi connectivity index (χ1) is 41.2. The third-order valence-corrected chi connectivity index (χ3v) is 12.2. The molecule has 0 aliphatic carbocycles. The maximum absolute atomic E-state index is 14.3. The van der Waals surface area contributed by atoms with Crippen LogP contribution in [0.4, 0.5) is 75.4 Å². The predicted molar refractivity (Wildman–Crippen MR) is 298 cm³/mol. The molecule has 1 aliphatic heterocycles. The molecule has 2 amide bonds. The second-order valence-electron chi connectivity index (χ2n) is 21.8. The van der Waals surface area contributed by atoms with Crippen molar-refractivity contribution in [3.05, 3.63) is 212 Å². The highest BCUT2D eigenvalue weighted by Gasteiger charge is 2.38. The number of nitrogens with one attached hydrogen (secondary N) is 4. The van der Waals surface area contributed by atoms with E-state index in [1.807, 2.05) is 0 Å². The van der Waals surface area contributed by atoms with Gasteiger partial charge >= 0.3 is 30.7 Å². The summed E-state index contributed by atoms with van der Waals surface area (Å²) in [7, 11) is 0. The molecule has 0 aromatic heterocycles. The van der Waals surface area contributed by atoms with Gasteiger partial charge in [-0.3, -0.25) is 0 Å². The monoisotopic (exact) mass is 1280 g/mol. The third-order valence-electron chi connectivity index (χ3n) is 12.2. The highest BCUT2D eigenvalue weighted by Crippen LogP contribution is 2.33. The zero-order valence-corrected chi connectivity index (χ0v) is 48.6. The molecule has 6 aromatic rings. The molecule has 1 fully saturated rings. The Kier molecular flexibility index (Phi) is 26.9. The fraction of sp³-hybridized carbons (Fsp3) is 0.377. The number of alkyl halides is 9. The predicted octanol–water partition coefficient (Wildman–Crippen LogP) is 12.9. The van der Waals surface area contributed by atoms with Gasteiger partial charge in [0.05, 0.1) is 53.6 Å². The van der Waals surface area contributed by atoms with E-state index in [2.05, 4.69) is 21.3 Å². The number of rotatable bonds is 17. The summed E-state index contributed by atoms with van der Waals surface area (Å²) in [5.41, 5.74) is 8.35. The van der Waals surface area contributed by atoms with E-state index in [4.69, 9.17) is 25.7 Å². The van der Waals surface area contributed by atoms with Gasteiger partial charge in [0.2, 0.25) is 0 Å². The summed E-state index contributed by atoms with van der Waals surface area (Å²) < 4.78 is 209. The SMILES string of the molecule is CC(C)(C)OC(=O)N[C@@H](c1ccc(F)cc1F)C1CO1.CC(C)(C)OC(=O)N[C@@H](c1ccc(F)cc1F)[C@H](O)CNCc1cccc(C(F)(F)F)c1.NCc1cccc(C(F)(F)F)c1.N[C@@H](c1ccc(F)cc1F)[C@H](O)CNCc1cccc(C(F)(F)F)c1. The lowest BCUT2D eigenvalue weighted by molar-refractivity contribution is -0.138. The molecule has 6 aromatic carbocycles. The van der Waals surface area contributed by atoms with Crippen molar-refractivity contribution in [3.63, 3.8) is 0 Å². The summed E-state index contributed by atoms with van der Waals surface area (Å²) >= 11 is 0. The van der Waals surface area contributed by atoms with Crippen LogP contribution < -0.4 is 32.7 Å². The van der Waals surface area contributed by atoms with Crippen LogP contribution in [-0.4, -0.2) is 71.6 Å². The van der Waals surface area contributed by atoms with Crippen molar-refractivity contribution >= 4 is 12.2 Å². The van der Waals surface area contributed by atoms with E-state index in [0.29, 0.717) is 35.4 Å². The second-order valence-corrected chi connectivity index (χ2v) is 21.8. The second kappa shape index (κ2) is 32.3. The number of hydrogen-bond acceptors (Lipinski definition) is 11. The van der Waals surface area contributed by atoms with Crippen LogP contribution in [0.25, 0.3) is 0 Å². The Bertz CT molecular complexity index is 3250. The summed E-state index contributed by atoms with van der Waals surface area (Å²) in [4.78, 5) is 24.0. The number of carbonyl (C=O) groups is 2. The molecule has 89 heavy (non-hydrogen) atoms. The van der Waals surface area contributed by atoms with E-state index in [1.165, 1.54) is 36.4 Å². The van der Waals surface area contributed by atoms with Gasteiger partial charge in [0.1, 0.15) is 52.2 Å². The number of epoxide rings is 1. The fourth-order valence-electron chi connectivity index (χ4n) is 7.92. The van der Waals surface area contributed by atoms with Crippen LogP contribution in [0.15, 0.2) is 127 Å². The van der Waals surface area contributed by atoms with E-state index >= 15 is 0 Å². The fourth-order valence-corrected chi connectivity index (χ4v) is 7.92. The molecular weight excluding hydrogens is 1210 g/mol. The number of amides is 2. The lowest BCUT2D eigenvalue weighted by atomic mass is 10.0. The number of alkyl carbamates (subject to hydrolysis) is 2. The van der Waals surface area contributed by atoms with E-state index in [1.54, 1.807) is 47.6 Å². The van der Waals surface area contributed by atoms with Crippen molar-refractivity contribution in [1.82, 2.24) is 21.3 Å². The van der Waals surface area contributed by atoms with Crippen molar-refractivity contribution < 1.29 is 99.9 Å². The Balaban J connectivity index is 0.000000266. The minimum atomic E-state index is -4.49. The molecule has 6 atom stereocenters. The Labute approximate surface area is 502 Å². The summed E-state index contributed by atoms with van der Waals surface area (Å²) in [6.07, 6.45) is -17.7. The standard InChI is InChI=1S/C22H25F5N2O3.C17H17F5N2O.C14H17F2NO3.C8H8F3N/c1-21(2,3)32-20(31)29-19(16-8-7-15(23)10-17(16)24)18(30)12-28-11-13-5-4-6-14(9-13)22(25,26)27;18-12-4-5-13(14(19)7-12)16(23)15(25)9-24-8-10-2-1-3-11(6-10)17(20,21)22;1-14(2,3)20-13(18)17-12(11-7-19-11)9-5-4-8(15)6-10(9)16;9-8(10,11)7-3-1-2-6(4-7)5-12/h4-10,18-19,28,30H,11-12H2,1-3H3,(H,29,31);1-7,15-16,24-25H,8-9,23H2;4-6,11-12H,7H2,1-3H3,(H,17,18);1-4H,5,12H2/t18-,19+;15-,16+;11?,12-;/m110./s1. The Morgan fingerprint density at radius 2 is 0.888 bits per heavy atom. The van der Waals surface area contributed by atoms with Crippen LogP contribution in [0.5, 0.6) is 0 Å². The van der Waals surface area contributed by atoms with E-state index in [9.17, 15) is 85.7 Å². The van der Waals surface area contributed by atoms with Gasteiger partial charge in [-0.25, -0.2) is 35.9 Å². The van der Waals surface area contributed by atoms with E-state index in [0.717, 1.165) is 72.8 Å².